The molecule has 1 N–H and O–H groups in total. The molecule has 1 saturated carbocycles. The first kappa shape index (κ1) is 20.9. The Morgan fingerprint density at radius 3 is 2.10 bits per heavy atom. The van der Waals surface area contributed by atoms with Gasteiger partial charge in [-0.3, -0.25) is 0 Å². The van der Waals surface area contributed by atoms with Gasteiger partial charge in [0.15, 0.2) is 0 Å². The maximum atomic E-state index is 13.1. The highest BCUT2D eigenvalue weighted by Gasteiger charge is 2.23. The van der Waals surface area contributed by atoms with Crippen LogP contribution in [0.15, 0.2) is 66.7 Å². The van der Waals surface area contributed by atoms with Gasteiger partial charge in [-0.15, -0.1) is 0 Å². The van der Waals surface area contributed by atoms with E-state index in [0.717, 1.165) is 54.4 Å². The maximum absolute atomic E-state index is 13.1. The number of hydrogen-bond donors (Lipinski definition) is 1. The zero-order valence-electron chi connectivity index (χ0n) is 17.6. The number of hydrogen-bond acceptors (Lipinski definition) is 3. The third-order valence-electron chi connectivity index (χ3n) is 5.95. The lowest BCUT2D eigenvalue weighted by Gasteiger charge is -2.18. The molecule has 1 aliphatic rings. The molecule has 4 nitrogen and oxygen atoms in total. The summed E-state index contributed by atoms with van der Waals surface area (Å²) in [5, 5.41) is 9.72. The summed E-state index contributed by atoms with van der Waals surface area (Å²) in [4.78, 5) is 24.9. The van der Waals surface area contributed by atoms with Crippen LogP contribution in [0.5, 0.6) is 0 Å². The molecule has 4 rings (SSSR count). The predicted octanol–water partition coefficient (Wildman–Crippen LogP) is 6.38. The molecule has 3 aromatic carbocycles. The van der Waals surface area contributed by atoms with Gasteiger partial charge in [-0.25, -0.2) is 9.59 Å². The number of carbonyl (C=O) groups excluding carboxylic acids is 1. The fourth-order valence-electron chi connectivity index (χ4n) is 4.29. The number of aryl methyl sites for hydroxylation is 1. The van der Waals surface area contributed by atoms with E-state index < -0.39 is 5.97 Å². The first-order valence-electron chi connectivity index (χ1n) is 10.8. The van der Waals surface area contributed by atoms with E-state index in [2.05, 4.69) is 13.0 Å². The van der Waals surface area contributed by atoms with E-state index in [1.54, 1.807) is 18.2 Å². The number of aromatic carboxylic acids is 1. The normalized spacial score (nSPS) is 13.8. The molecule has 158 valence electrons. The summed E-state index contributed by atoms with van der Waals surface area (Å²) in [5.74, 6) is -1.29. The molecule has 0 bridgehead atoms. The lowest BCUT2D eigenvalue weighted by molar-refractivity contribution is 0.0318. The number of esters is 1. The highest BCUT2D eigenvalue weighted by molar-refractivity contribution is 6.03. The molecule has 0 aromatic heterocycles. The number of carboxylic acids is 1. The van der Waals surface area contributed by atoms with E-state index in [1.807, 2.05) is 42.5 Å². The van der Waals surface area contributed by atoms with Crippen LogP contribution in [0.25, 0.3) is 22.3 Å². The van der Waals surface area contributed by atoms with Crippen molar-refractivity contribution in [2.45, 2.75) is 45.1 Å². The third kappa shape index (κ3) is 4.38. The summed E-state index contributed by atoms with van der Waals surface area (Å²) in [5.41, 5.74) is 4.88. The molecule has 3 aromatic rings. The molecular weight excluding hydrogens is 388 g/mol. The van der Waals surface area contributed by atoms with Gasteiger partial charge < -0.3 is 9.84 Å². The van der Waals surface area contributed by atoms with Crippen LogP contribution in [-0.4, -0.2) is 23.1 Å². The first-order valence-corrected chi connectivity index (χ1v) is 10.8. The summed E-state index contributed by atoms with van der Waals surface area (Å²) in [6, 6.07) is 20.4. The van der Waals surface area contributed by atoms with E-state index >= 15 is 0 Å². The van der Waals surface area contributed by atoms with Crippen molar-refractivity contribution in [2.24, 2.45) is 0 Å². The Kier molecular flexibility index (Phi) is 6.17. The SMILES string of the molecule is CCc1ccc(-c2ccccc2C(=O)O)c(-c2ccccc2C(=O)OC2CCCC2)c1. The smallest absolute Gasteiger partial charge is 0.339 e. The van der Waals surface area contributed by atoms with Crippen LogP contribution in [0.3, 0.4) is 0 Å². The molecule has 31 heavy (non-hydrogen) atoms. The fraction of sp³-hybridized carbons (Fsp3) is 0.259. The van der Waals surface area contributed by atoms with Gasteiger partial charge in [0, 0.05) is 0 Å². The number of ether oxygens (including phenoxy) is 1. The van der Waals surface area contributed by atoms with Gasteiger partial charge in [0.05, 0.1) is 11.1 Å². The molecule has 0 aliphatic heterocycles. The summed E-state index contributed by atoms with van der Waals surface area (Å²) in [6.07, 6.45) is 4.83. The average molecular weight is 415 g/mol. The largest absolute Gasteiger partial charge is 0.478 e. The molecule has 1 aliphatic carbocycles. The summed E-state index contributed by atoms with van der Waals surface area (Å²) in [7, 11) is 0. The second-order valence-corrected chi connectivity index (χ2v) is 7.94. The quantitative estimate of drug-likeness (QED) is 0.475. The van der Waals surface area contributed by atoms with Gasteiger partial charge in [0.1, 0.15) is 6.10 Å². The Labute approximate surface area is 182 Å². The monoisotopic (exact) mass is 414 g/mol. The van der Waals surface area contributed by atoms with Gasteiger partial charge >= 0.3 is 11.9 Å². The number of carbonyl (C=O) groups is 2. The van der Waals surface area contributed by atoms with Crippen molar-refractivity contribution in [3.8, 4) is 22.3 Å². The van der Waals surface area contributed by atoms with Crippen molar-refractivity contribution in [1.82, 2.24) is 0 Å². The zero-order chi connectivity index (χ0) is 21.8. The molecule has 0 heterocycles. The van der Waals surface area contributed by atoms with E-state index in [0.29, 0.717) is 11.1 Å². The maximum Gasteiger partial charge on any atom is 0.339 e. The molecule has 1 fully saturated rings. The Morgan fingerprint density at radius 2 is 1.45 bits per heavy atom. The third-order valence-corrected chi connectivity index (χ3v) is 5.95. The van der Waals surface area contributed by atoms with Crippen LogP contribution in [0.1, 0.15) is 58.9 Å². The van der Waals surface area contributed by atoms with E-state index in [1.165, 1.54) is 0 Å². The van der Waals surface area contributed by atoms with Crippen LogP contribution >= 0.6 is 0 Å². The number of benzene rings is 3. The Balaban J connectivity index is 1.85. The summed E-state index contributed by atoms with van der Waals surface area (Å²) in [6.45, 7) is 2.07. The molecule has 0 saturated heterocycles. The molecule has 4 heteroatoms. The standard InChI is InChI=1S/C27H26O4/c1-2-18-15-16-22(20-11-5-7-13-23(20)26(28)29)25(17-18)21-12-6-8-14-24(21)27(30)31-19-9-3-4-10-19/h5-8,11-17,19H,2-4,9-10H2,1H3,(H,28,29). The minimum atomic E-state index is -0.977. The fourth-order valence-corrected chi connectivity index (χ4v) is 4.29. The lowest BCUT2D eigenvalue weighted by atomic mass is 9.88. The van der Waals surface area contributed by atoms with Crippen LogP contribution < -0.4 is 0 Å². The summed E-state index contributed by atoms with van der Waals surface area (Å²) >= 11 is 0. The predicted molar refractivity (Wildman–Crippen MR) is 121 cm³/mol. The van der Waals surface area contributed by atoms with Gasteiger partial charge in [-0.05, 0) is 72.1 Å². The minimum Gasteiger partial charge on any atom is -0.478 e. The molecule has 0 spiro atoms. The van der Waals surface area contributed by atoms with Crippen molar-refractivity contribution in [3.05, 3.63) is 83.4 Å². The van der Waals surface area contributed by atoms with Crippen molar-refractivity contribution in [3.63, 3.8) is 0 Å². The van der Waals surface area contributed by atoms with Crippen LogP contribution in [0.2, 0.25) is 0 Å². The topological polar surface area (TPSA) is 63.6 Å². The highest BCUT2D eigenvalue weighted by atomic mass is 16.5. The zero-order valence-corrected chi connectivity index (χ0v) is 17.6. The van der Waals surface area contributed by atoms with Crippen LogP contribution in [0, 0.1) is 0 Å². The van der Waals surface area contributed by atoms with Gasteiger partial charge in [-0.2, -0.15) is 0 Å². The first-order chi connectivity index (χ1) is 15.1. The minimum absolute atomic E-state index is 0.0188. The molecule has 0 unspecified atom stereocenters. The Bertz CT molecular complexity index is 1110. The summed E-state index contributed by atoms with van der Waals surface area (Å²) < 4.78 is 5.79. The molecule has 0 radical (unpaired) electrons. The second kappa shape index (κ2) is 9.17. The van der Waals surface area contributed by atoms with E-state index in [-0.39, 0.29) is 17.6 Å². The van der Waals surface area contributed by atoms with Crippen molar-refractivity contribution >= 4 is 11.9 Å². The van der Waals surface area contributed by atoms with Crippen LogP contribution in [-0.2, 0) is 11.2 Å². The van der Waals surface area contributed by atoms with E-state index in [9.17, 15) is 14.7 Å². The van der Waals surface area contributed by atoms with Crippen molar-refractivity contribution < 1.29 is 19.4 Å². The van der Waals surface area contributed by atoms with Crippen LogP contribution in [0.4, 0.5) is 0 Å². The Morgan fingerprint density at radius 1 is 0.839 bits per heavy atom. The highest BCUT2D eigenvalue weighted by Crippen LogP contribution is 2.37. The van der Waals surface area contributed by atoms with Crippen molar-refractivity contribution in [1.29, 1.82) is 0 Å². The van der Waals surface area contributed by atoms with Gasteiger partial charge in [0.25, 0.3) is 0 Å². The molecule has 0 amide bonds. The molecular formula is C27H26O4. The Hall–Kier alpha value is -3.40. The number of rotatable bonds is 6. The lowest BCUT2D eigenvalue weighted by Crippen LogP contribution is -2.15. The molecule has 0 atom stereocenters. The van der Waals surface area contributed by atoms with Gasteiger partial charge in [0.2, 0.25) is 0 Å². The average Bonchev–Trinajstić information content (AvgIpc) is 3.31. The van der Waals surface area contributed by atoms with Crippen molar-refractivity contribution in [2.75, 3.05) is 0 Å². The van der Waals surface area contributed by atoms with E-state index in [4.69, 9.17) is 4.74 Å². The second-order valence-electron chi connectivity index (χ2n) is 7.94. The number of carboxylic acid groups (broad SMARTS) is 1. The van der Waals surface area contributed by atoms with Gasteiger partial charge in [-0.1, -0.05) is 61.5 Å².